The van der Waals surface area contributed by atoms with Gasteiger partial charge in [0.2, 0.25) is 0 Å². The molecule has 0 aromatic carbocycles. The Hall–Kier alpha value is -0.670. The number of ketones is 1. The van der Waals surface area contributed by atoms with Crippen molar-refractivity contribution in [1.29, 1.82) is 0 Å². The maximum Gasteiger partial charge on any atom is 0.156 e. The quantitative estimate of drug-likeness (QED) is 0.698. The number of allylic oxidation sites excluding steroid dienone is 2. The highest BCUT2D eigenvalue weighted by Crippen LogP contribution is 2.32. The van der Waals surface area contributed by atoms with E-state index in [2.05, 4.69) is 13.8 Å². The largest absolute Gasteiger partial charge is 0.394 e. The van der Waals surface area contributed by atoms with Crippen LogP contribution in [0.5, 0.6) is 0 Å². The summed E-state index contributed by atoms with van der Waals surface area (Å²) in [6.07, 6.45) is 2.99. The van der Waals surface area contributed by atoms with Gasteiger partial charge in [0.15, 0.2) is 5.78 Å². The third kappa shape index (κ3) is 7.28. The minimum atomic E-state index is -0.560. The van der Waals surface area contributed by atoms with E-state index >= 15 is 0 Å². The monoisotopic (exact) mass is 214 g/mol. The molecule has 0 radical (unpaired) electrons. The number of aliphatic hydroxyl groups is 2. The van der Waals surface area contributed by atoms with Crippen LogP contribution in [0.15, 0.2) is 11.6 Å². The molecule has 15 heavy (non-hydrogen) atoms. The van der Waals surface area contributed by atoms with Crippen molar-refractivity contribution in [3.63, 3.8) is 0 Å². The SMILES string of the molecule is CC(O)CO.CC1=CC(=O)CC(C)(C)C1. The maximum absolute atomic E-state index is 11.0. The molecule has 0 fully saturated rings. The highest BCUT2D eigenvalue weighted by atomic mass is 16.3. The second kappa shape index (κ2) is 6.03. The van der Waals surface area contributed by atoms with Gasteiger partial charge in [0.05, 0.1) is 12.7 Å². The molecule has 0 bridgehead atoms. The first-order chi connectivity index (χ1) is 6.76. The maximum atomic E-state index is 11.0. The summed E-state index contributed by atoms with van der Waals surface area (Å²) in [4.78, 5) is 11.0. The van der Waals surface area contributed by atoms with Gasteiger partial charge in [-0.2, -0.15) is 0 Å². The molecule has 0 aromatic rings. The van der Waals surface area contributed by atoms with Crippen molar-refractivity contribution in [2.75, 3.05) is 6.61 Å². The summed E-state index contributed by atoms with van der Waals surface area (Å²) in [5.74, 6) is 0.286. The second-order valence-electron chi connectivity index (χ2n) is 5.01. The van der Waals surface area contributed by atoms with Crippen molar-refractivity contribution in [3.8, 4) is 0 Å². The van der Waals surface area contributed by atoms with E-state index in [0.717, 1.165) is 6.42 Å². The Morgan fingerprint density at radius 2 is 1.93 bits per heavy atom. The molecule has 1 atom stereocenters. The Morgan fingerprint density at radius 3 is 2.20 bits per heavy atom. The molecule has 0 saturated heterocycles. The number of hydrogen-bond acceptors (Lipinski definition) is 3. The van der Waals surface area contributed by atoms with Crippen LogP contribution in [0.1, 0.15) is 40.5 Å². The van der Waals surface area contributed by atoms with Crippen molar-refractivity contribution >= 4 is 5.78 Å². The lowest BCUT2D eigenvalue weighted by atomic mass is 9.77. The summed E-state index contributed by atoms with van der Waals surface area (Å²) in [6.45, 7) is 7.70. The standard InChI is InChI=1S/C9H14O.C3H8O2/c1-7-4-8(10)6-9(2,3)5-7;1-3(5)2-4/h4H,5-6H2,1-3H3;3-5H,2H2,1H3. The molecular formula is C12H22O3. The van der Waals surface area contributed by atoms with Gasteiger partial charge in [-0.05, 0) is 31.8 Å². The van der Waals surface area contributed by atoms with E-state index in [1.807, 2.05) is 6.92 Å². The average molecular weight is 214 g/mol. The lowest BCUT2D eigenvalue weighted by Gasteiger charge is -2.27. The number of carbonyl (C=O) groups is 1. The number of aliphatic hydroxyl groups excluding tert-OH is 2. The fourth-order valence-corrected chi connectivity index (χ4v) is 1.67. The van der Waals surface area contributed by atoms with E-state index in [-0.39, 0.29) is 17.8 Å². The molecule has 0 aliphatic heterocycles. The molecule has 2 N–H and O–H groups in total. The lowest BCUT2D eigenvalue weighted by molar-refractivity contribution is -0.117. The fourth-order valence-electron chi connectivity index (χ4n) is 1.67. The Bertz CT molecular complexity index is 239. The van der Waals surface area contributed by atoms with Crippen molar-refractivity contribution in [2.24, 2.45) is 5.41 Å². The third-order valence-corrected chi connectivity index (χ3v) is 2.08. The Labute approximate surface area is 91.8 Å². The van der Waals surface area contributed by atoms with Gasteiger partial charge >= 0.3 is 0 Å². The molecule has 0 amide bonds. The first kappa shape index (κ1) is 14.3. The molecule has 1 aliphatic carbocycles. The van der Waals surface area contributed by atoms with Gasteiger partial charge in [0.25, 0.3) is 0 Å². The van der Waals surface area contributed by atoms with Gasteiger partial charge < -0.3 is 10.2 Å². The van der Waals surface area contributed by atoms with Gasteiger partial charge in [-0.1, -0.05) is 19.4 Å². The number of carbonyl (C=O) groups excluding carboxylic acids is 1. The topological polar surface area (TPSA) is 57.5 Å². The van der Waals surface area contributed by atoms with Crippen LogP contribution >= 0.6 is 0 Å². The zero-order valence-electron chi connectivity index (χ0n) is 10.1. The van der Waals surface area contributed by atoms with Crippen LogP contribution in [-0.4, -0.2) is 28.7 Å². The molecule has 0 heterocycles. The summed E-state index contributed by atoms with van der Waals surface area (Å²) >= 11 is 0. The minimum absolute atomic E-state index is 0.139. The van der Waals surface area contributed by atoms with E-state index < -0.39 is 6.10 Å². The van der Waals surface area contributed by atoms with Gasteiger partial charge in [-0.15, -0.1) is 0 Å². The Morgan fingerprint density at radius 1 is 1.47 bits per heavy atom. The van der Waals surface area contributed by atoms with Crippen molar-refractivity contribution in [3.05, 3.63) is 11.6 Å². The van der Waals surface area contributed by atoms with Crippen LogP contribution in [0.2, 0.25) is 0 Å². The lowest BCUT2D eigenvalue weighted by Crippen LogP contribution is -2.20. The molecule has 1 rings (SSSR count). The van der Waals surface area contributed by atoms with Crippen molar-refractivity contribution < 1.29 is 15.0 Å². The normalized spacial score (nSPS) is 21.2. The van der Waals surface area contributed by atoms with E-state index in [1.54, 1.807) is 6.08 Å². The fraction of sp³-hybridized carbons (Fsp3) is 0.750. The molecule has 1 unspecified atom stereocenters. The molecule has 0 saturated carbocycles. The van der Waals surface area contributed by atoms with E-state index in [0.29, 0.717) is 6.42 Å². The predicted octanol–water partition coefficient (Wildman–Crippen LogP) is 1.68. The van der Waals surface area contributed by atoms with E-state index in [1.165, 1.54) is 12.5 Å². The zero-order valence-corrected chi connectivity index (χ0v) is 10.1. The van der Waals surface area contributed by atoms with Crippen LogP contribution in [-0.2, 0) is 4.79 Å². The average Bonchev–Trinajstić information content (AvgIpc) is 2.00. The number of rotatable bonds is 1. The summed E-state index contributed by atoms with van der Waals surface area (Å²) in [7, 11) is 0. The first-order valence-corrected chi connectivity index (χ1v) is 5.26. The molecule has 0 spiro atoms. The van der Waals surface area contributed by atoms with Crippen LogP contribution < -0.4 is 0 Å². The van der Waals surface area contributed by atoms with E-state index in [4.69, 9.17) is 10.2 Å². The van der Waals surface area contributed by atoms with Crippen LogP contribution in [0, 0.1) is 5.41 Å². The van der Waals surface area contributed by atoms with Crippen LogP contribution in [0.4, 0.5) is 0 Å². The summed E-state index contributed by atoms with van der Waals surface area (Å²) in [5.41, 5.74) is 1.43. The van der Waals surface area contributed by atoms with Gasteiger partial charge in [0.1, 0.15) is 0 Å². The van der Waals surface area contributed by atoms with E-state index in [9.17, 15) is 4.79 Å². The summed E-state index contributed by atoms with van der Waals surface area (Å²) in [6, 6.07) is 0. The minimum Gasteiger partial charge on any atom is -0.394 e. The Kier molecular flexibility index (Phi) is 5.76. The smallest absolute Gasteiger partial charge is 0.156 e. The first-order valence-electron chi connectivity index (χ1n) is 5.26. The molecule has 1 aliphatic rings. The molecule has 3 nitrogen and oxygen atoms in total. The summed E-state index contributed by atoms with van der Waals surface area (Å²) in [5, 5.41) is 16.0. The highest BCUT2D eigenvalue weighted by molar-refractivity contribution is 5.91. The highest BCUT2D eigenvalue weighted by Gasteiger charge is 2.25. The van der Waals surface area contributed by atoms with Gasteiger partial charge in [0, 0.05) is 6.42 Å². The Balaban J connectivity index is 0.000000336. The summed E-state index contributed by atoms with van der Waals surface area (Å²) < 4.78 is 0. The predicted molar refractivity (Wildman–Crippen MR) is 60.5 cm³/mol. The molecular weight excluding hydrogens is 192 g/mol. The van der Waals surface area contributed by atoms with Crippen molar-refractivity contribution in [2.45, 2.75) is 46.6 Å². The molecule has 3 heteroatoms. The van der Waals surface area contributed by atoms with Crippen LogP contribution in [0.25, 0.3) is 0 Å². The molecule has 0 aromatic heterocycles. The van der Waals surface area contributed by atoms with Gasteiger partial charge in [-0.25, -0.2) is 0 Å². The van der Waals surface area contributed by atoms with Crippen LogP contribution in [0.3, 0.4) is 0 Å². The van der Waals surface area contributed by atoms with Gasteiger partial charge in [-0.3, -0.25) is 4.79 Å². The third-order valence-electron chi connectivity index (χ3n) is 2.08. The number of hydrogen-bond donors (Lipinski definition) is 2. The second-order valence-corrected chi connectivity index (χ2v) is 5.01. The van der Waals surface area contributed by atoms with Crippen molar-refractivity contribution in [1.82, 2.24) is 0 Å². The molecule has 88 valence electrons. The zero-order chi connectivity index (χ0) is 12.1.